The van der Waals surface area contributed by atoms with Gasteiger partial charge in [-0.25, -0.2) is 4.98 Å². The van der Waals surface area contributed by atoms with E-state index in [1.54, 1.807) is 7.05 Å². The lowest BCUT2D eigenvalue weighted by atomic mass is 10.2. The third kappa shape index (κ3) is 7.04. The molecule has 9 heteroatoms. The summed E-state index contributed by atoms with van der Waals surface area (Å²) < 4.78 is 37.5. The van der Waals surface area contributed by atoms with Crippen molar-refractivity contribution in [3.63, 3.8) is 0 Å². The Kier molecular flexibility index (Phi) is 8.47. The van der Waals surface area contributed by atoms with Crippen LogP contribution in [0.3, 0.4) is 0 Å². The van der Waals surface area contributed by atoms with Gasteiger partial charge in [-0.1, -0.05) is 6.92 Å². The summed E-state index contributed by atoms with van der Waals surface area (Å²) in [4.78, 5) is 9.97. The molecule has 0 radical (unpaired) electrons. The molecule has 0 aromatic carbocycles. The van der Waals surface area contributed by atoms with E-state index in [1.165, 1.54) is 0 Å². The van der Waals surface area contributed by atoms with Crippen LogP contribution < -0.4 is 10.6 Å². The van der Waals surface area contributed by atoms with Gasteiger partial charge in [-0.15, -0.1) is 11.3 Å². The molecule has 0 saturated heterocycles. The molecule has 1 heterocycles. The molecule has 24 heavy (non-hydrogen) atoms. The quantitative estimate of drug-likeness (QED) is 0.549. The first-order chi connectivity index (χ1) is 11.3. The Morgan fingerprint density at radius 1 is 1.38 bits per heavy atom. The number of hydrogen-bond donors (Lipinski definition) is 2. The van der Waals surface area contributed by atoms with Crippen LogP contribution in [-0.4, -0.2) is 55.6 Å². The number of guanidine groups is 1. The third-order valence-electron chi connectivity index (χ3n) is 3.80. The molecule has 0 spiro atoms. The number of thiazole rings is 1. The summed E-state index contributed by atoms with van der Waals surface area (Å²) in [6.07, 6.45) is -2.85. The average molecular weight is 365 g/mol. The first-order valence-electron chi connectivity index (χ1n) is 7.94. The number of aliphatic imine (C=N–C) groups is 1. The highest BCUT2D eigenvalue weighted by Gasteiger charge is 2.33. The van der Waals surface area contributed by atoms with Gasteiger partial charge in [-0.3, -0.25) is 4.99 Å². The lowest BCUT2D eigenvalue weighted by Gasteiger charge is -2.23. The summed E-state index contributed by atoms with van der Waals surface area (Å²) in [5.74, 6) is 0.639. The largest absolute Gasteiger partial charge is 0.434 e. The van der Waals surface area contributed by atoms with Crippen molar-refractivity contribution < 1.29 is 13.2 Å². The molecule has 138 valence electrons. The Hall–Kier alpha value is -1.35. The second-order valence-electron chi connectivity index (χ2n) is 5.54. The zero-order valence-corrected chi connectivity index (χ0v) is 15.4. The molecule has 1 aromatic rings. The van der Waals surface area contributed by atoms with Gasteiger partial charge in [-0.2, -0.15) is 13.2 Å². The number of hydrogen-bond acceptors (Lipinski definition) is 4. The molecular weight excluding hydrogens is 339 g/mol. The van der Waals surface area contributed by atoms with Crippen LogP contribution in [0.2, 0.25) is 0 Å². The second-order valence-corrected chi connectivity index (χ2v) is 6.48. The molecule has 5 nitrogen and oxygen atoms in total. The molecule has 1 atom stereocenters. The van der Waals surface area contributed by atoms with E-state index in [1.807, 2.05) is 0 Å². The van der Waals surface area contributed by atoms with Gasteiger partial charge in [0.2, 0.25) is 0 Å². The summed E-state index contributed by atoms with van der Waals surface area (Å²) in [7, 11) is 3.74. The maximum Gasteiger partial charge on any atom is 0.434 e. The highest BCUT2D eigenvalue weighted by molar-refractivity contribution is 7.09. The molecule has 0 fully saturated rings. The molecule has 0 aliphatic carbocycles. The van der Waals surface area contributed by atoms with Gasteiger partial charge in [0.15, 0.2) is 11.7 Å². The molecule has 2 N–H and O–H groups in total. The van der Waals surface area contributed by atoms with Gasteiger partial charge < -0.3 is 15.5 Å². The first-order valence-corrected chi connectivity index (χ1v) is 8.82. The monoisotopic (exact) mass is 365 g/mol. The summed E-state index contributed by atoms with van der Waals surface area (Å²) in [6.45, 7) is 6.44. The smallest absolute Gasteiger partial charge is 0.356 e. The van der Waals surface area contributed by atoms with Crippen LogP contribution in [-0.2, 0) is 12.6 Å². The Bertz CT molecular complexity index is 515. The van der Waals surface area contributed by atoms with Crippen LogP contribution in [0.25, 0.3) is 0 Å². The van der Waals surface area contributed by atoms with Crippen molar-refractivity contribution in [2.24, 2.45) is 4.99 Å². The Morgan fingerprint density at radius 2 is 2.04 bits per heavy atom. The van der Waals surface area contributed by atoms with Gasteiger partial charge in [-0.05, 0) is 20.4 Å². The van der Waals surface area contributed by atoms with Crippen LogP contribution in [0.1, 0.15) is 31.0 Å². The van der Waals surface area contributed by atoms with E-state index in [0.717, 1.165) is 36.2 Å². The van der Waals surface area contributed by atoms with Crippen LogP contribution in [0.4, 0.5) is 13.2 Å². The van der Waals surface area contributed by atoms with Gasteiger partial charge >= 0.3 is 6.18 Å². The first kappa shape index (κ1) is 20.7. The minimum Gasteiger partial charge on any atom is -0.356 e. The summed E-state index contributed by atoms with van der Waals surface area (Å²) in [5.41, 5.74) is -0.821. The van der Waals surface area contributed by atoms with Crippen molar-refractivity contribution in [3.8, 4) is 0 Å². The normalized spacial score (nSPS) is 14.1. The van der Waals surface area contributed by atoms with Crippen molar-refractivity contribution in [1.29, 1.82) is 0 Å². The molecule has 0 aliphatic heterocycles. The number of rotatable bonds is 8. The van der Waals surface area contributed by atoms with Crippen molar-refractivity contribution in [2.45, 2.75) is 38.9 Å². The zero-order chi connectivity index (χ0) is 18.2. The molecular formula is C15H26F3N5S. The number of nitrogens with zero attached hydrogens (tertiary/aromatic N) is 3. The van der Waals surface area contributed by atoms with Gasteiger partial charge in [0.25, 0.3) is 0 Å². The highest BCUT2D eigenvalue weighted by Crippen LogP contribution is 2.29. The van der Waals surface area contributed by atoms with E-state index in [9.17, 15) is 13.2 Å². The Balaban J connectivity index is 2.31. The van der Waals surface area contributed by atoms with Gasteiger partial charge in [0, 0.05) is 44.5 Å². The summed E-state index contributed by atoms with van der Waals surface area (Å²) in [6, 6.07) is 0.523. The lowest BCUT2D eigenvalue weighted by molar-refractivity contribution is -0.140. The average Bonchev–Trinajstić information content (AvgIpc) is 3.01. The van der Waals surface area contributed by atoms with E-state index in [4.69, 9.17) is 0 Å². The Labute approximate surface area is 145 Å². The fraction of sp³-hybridized carbons (Fsp3) is 0.733. The topological polar surface area (TPSA) is 52.5 Å². The van der Waals surface area contributed by atoms with Crippen LogP contribution in [0, 0.1) is 0 Å². The maximum atomic E-state index is 12.5. The lowest BCUT2D eigenvalue weighted by Crippen LogP contribution is -2.42. The standard InChI is InChI=1S/C15H26F3N5S/c1-5-11(2)23(4)9-8-21-14(19-3)20-7-6-13-22-12(10-24-13)15(16,17)18/h10-11H,5-9H2,1-4H3,(H2,19,20,21). The molecule has 1 aromatic heterocycles. The van der Waals surface area contributed by atoms with Crippen LogP contribution in [0.15, 0.2) is 10.4 Å². The van der Waals surface area contributed by atoms with Crippen molar-refractivity contribution in [1.82, 2.24) is 20.5 Å². The summed E-state index contributed by atoms with van der Waals surface area (Å²) in [5, 5.41) is 7.79. The SMILES string of the molecule is CCC(C)N(C)CCNC(=NC)NCCc1nc(C(F)(F)F)cs1. The van der Waals surface area contributed by atoms with Crippen molar-refractivity contribution >= 4 is 17.3 Å². The number of alkyl halides is 3. The third-order valence-corrected chi connectivity index (χ3v) is 4.71. The van der Waals surface area contributed by atoms with Crippen LogP contribution in [0.5, 0.6) is 0 Å². The minimum atomic E-state index is -4.37. The number of likely N-dealkylation sites (N-methyl/N-ethyl adjacent to an activating group) is 1. The fourth-order valence-electron chi connectivity index (χ4n) is 1.95. The molecule has 1 rings (SSSR count). The molecule has 0 amide bonds. The summed E-state index contributed by atoms with van der Waals surface area (Å²) >= 11 is 1.03. The maximum absolute atomic E-state index is 12.5. The van der Waals surface area contributed by atoms with E-state index < -0.39 is 11.9 Å². The van der Waals surface area contributed by atoms with E-state index in [0.29, 0.717) is 30.0 Å². The molecule has 0 aliphatic rings. The van der Waals surface area contributed by atoms with E-state index in [-0.39, 0.29) is 0 Å². The van der Waals surface area contributed by atoms with Crippen molar-refractivity contribution in [2.75, 3.05) is 33.7 Å². The number of aromatic nitrogens is 1. The minimum absolute atomic E-state index is 0.425. The van der Waals surface area contributed by atoms with Crippen molar-refractivity contribution in [3.05, 3.63) is 16.1 Å². The highest BCUT2D eigenvalue weighted by atomic mass is 32.1. The molecule has 1 unspecified atom stereocenters. The Morgan fingerprint density at radius 3 is 2.58 bits per heavy atom. The predicted molar refractivity (Wildman–Crippen MR) is 92.6 cm³/mol. The second kappa shape index (κ2) is 9.83. The molecule has 0 saturated carbocycles. The zero-order valence-electron chi connectivity index (χ0n) is 14.6. The van der Waals surface area contributed by atoms with E-state index >= 15 is 0 Å². The number of halogens is 3. The van der Waals surface area contributed by atoms with Crippen LogP contribution >= 0.6 is 11.3 Å². The van der Waals surface area contributed by atoms with E-state index in [2.05, 4.69) is 46.4 Å². The fourth-order valence-corrected chi connectivity index (χ4v) is 2.75. The van der Waals surface area contributed by atoms with Gasteiger partial charge in [0.1, 0.15) is 0 Å². The predicted octanol–water partition coefficient (Wildman–Crippen LogP) is 2.60. The van der Waals surface area contributed by atoms with Gasteiger partial charge in [0.05, 0.1) is 5.01 Å². The number of nitrogens with one attached hydrogen (secondary N) is 2. The molecule has 0 bridgehead atoms.